The molecule has 1 aliphatic rings. The molecule has 3 rings (SSSR count). The van der Waals surface area contributed by atoms with Gasteiger partial charge in [-0.05, 0) is 18.9 Å². The van der Waals surface area contributed by atoms with Crippen LogP contribution in [0.5, 0.6) is 0 Å². The molecule has 1 amide bonds. The lowest BCUT2D eigenvalue weighted by molar-refractivity contribution is -0.122. The molecule has 1 aromatic heterocycles. The van der Waals surface area contributed by atoms with Crippen molar-refractivity contribution in [2.45, 2.75) is 12.8 Å². The highest BCUT2D eigenvalue weighted by molar-refractivity contribution is 5.86. The van der Waals surface area contributed by atoms with Crippen LogP contribution in [0.3, 0.4) is 0 Å². The van der Waals surface area contributed by atoms with Gasteiger partial charge in [0.15, 0.2) is 5.58 Å². The van der Waals surface area contributed by atoms with Gasteiger partial charge >= 0.3 is 5.76 Å². The average Bonchev–Trinajstić information content (AvgIpc) is 2.77. The Morgan fingerprint density at radius 3 is 2.70 bits per heavy atom. The van der Waals surface area contributed by atoms with Crippen molar-refractivity contribution in [1.29, 1.82) is 0 Å². The zero-order valence-corrected chi connectivity index (χ0v) is 10.9. The van der Waals surface area contributed by atoms with Gasteiger partial charge in [0, 0.05) is 25.1 Å². The molecule has 1 saturated heterocycles. The molecule has 7 heteroatoms. The number of benzene rings is 1. The minimum Gasteiger partial charge on any atom is -0.408 e. The number of fused-ring (bicyclic) bond motifs is 1. The summed E-state index contributed by atoms with van der Waals surface area (Å²) in [4.78, 5) is 27.1. The fourth-order valence-electron chi connectivity index (χ4n) is 2.68. The minimum atomic E-state index is -0.496. The summed E-state index contributed by atoms with van der Waals surface area (Å²) in [6, 6.07) is 3.45. The number of nitrogens with one attached hydrogen (secondary N) is 1. The number of nitrogens with zero attached hydrogens (tertiary/aromatic N) is 1. The first-order chi connectivity index (χ1) is 9.54. The van der Waals surface area contributed by atoms with Crippen LogP contribution in [0.4, 0.5) is 11.4 Å². The van der Waals surface area contributed by atoms with Crippen LogP contribution < -0.4 is 22.1 Å². The molecule has 0 aliphatic carbocycles. The second kappa shape index (κ2) is 4.59. The lowest BCUT2D eigenvalue weighted by Gasteiger charge is -2.33. The van der Waals surface area contributed by atoms with Crippen LogP contribution in [0, 0.1) is 5.92 Å². The van der Waals surface area contributed by atoms with Crippen LogP contribution in [-0.4, -0.2) is 24.0 Å². The fourth-order valence-corrected chi connectivity index (χ4v) is 2.68. The Morgan fingerprint density at radius 2 is 2.05 bits per heavy atom. The van der Waals surface area contributed by atoms with Crippen LogP contribution in [0.2, 0.25) is 0 Å². The van der Waals surface area contributed by atoms with Crippen molar-refractivity contribution < 1.29 is 9.21 Å². The Kier molecular flexibility index (Phi) is 2.89. The van der Waals surface area contributed by atoms with Crippen molar-refractivity contribution in [1.82, 2.24) is 4.98 Å². The molecular weight excluding hydrogens is 260 g/mol. The van der Waals surface area contributed by atoms with Crippen molar-refractivity contribution in [3.8, 4) is 0 Å². The van der Waals surface area contributed by atoms with Gasteiger partial charge in [-0.1, -0.05) is 0 Å². The Bertz CT molecular complexity index is 710. The molecule has 0 bridgehead atoms. The number of aromatic nitrogens is 1. The third kappa shape index (κ3) is 2.11. The van der Waals surface area contributed by atoms with Gasteiger partial charge in [0.05, 0.1) is 16.9 Å². The van der Waals surface area contributed by atoms with E-state index in [1.807, 2.05) is 0 Å². The average molecular weight is 276 g/mol. The summed E-state index contributed by atoms with van der Waals surface area (Å²) in [5.74, 6) is -0.804. The number of carbonyl (C=O) groups is 1. The van der Waals surface area contributed by atoms with Gasteiger partial charge in [0.25, 0.3) is 0 Å². The van der Waals surface area contributed by atoms with Gasteiger partial charge in [0.2, 0.25) is 5.91 Å². The van der Waals surface area contributed by atoms with E-state index in [0.29, 0.717) is 42.7 Å². The summed E-state index contributed by atoms with van der Waals surface area (Å²) < 4.78 is 4.97. The van der Waals surface area contributed by atoms with E-state index in [2.05, 4.69) is 9.88 Å². The second-order valence-electron chi connectivity index (χ2n) is 5.09. The van der Waals surface area contributed by atoms with Crippen LogP contribution in [-0.2, 0) is 4.79 Å². The summed E-state index contributed by atoms with van der Waals surface area (Å²) >= 11 is 0. The molecular formula is C13H16N4O3. The molecule has 0 atom stereocenters. The zero-order valence-electron chi connectivity index (χ0n) is 10.9. The first kappa shape index (κ1) is 12.6. The lowest BCUT2D eigenvalue weighted by Crippen LogP contribution is -2.38. The Morgan fingerprint density at radius 1 is 1.35 bits per heavy atom. The molecule has 0 spiro atoms. The highest BCUT2D eigenvalue weighted by Crippen LogP contribution is 2.31. The highest BCUT2D eigenvalue weighted by atomic mass is 16.4. The maximum absolute atomic E-state index is 11.2. The number of piperidine rings is 1. The van der Waals surface area contributed by atoms with E-state index in [-0.39, 0.29) is 11.8 Å². The summed E-state index contributed by atoms with van der Waals surface area (Å²) in [5.41, 5.74) is 13.8. The number of primary amides is 1. The van der Waals surface area contributed by atoms with Crippen LogP contribution in [0.25, 0.3) is 11.1 Å². The van der Waals surface area contributed by atoms with Crippen molar-refractivity contribution >= 4 is 28.4 Å². The molecule has 20 heavy (non-hydrogen) atoms. The number of H-pyrrole nitrogens is 1. The predicted octanol–water partition coefficient (Wildman–Crippen LogP) is 0.405. The van der Waals surface area contributed by atoms with Gasteiger partial charge in [0.1, 0.15) is 0 Å². The van der Waals surface area contributed by atoms with Gasteiger partial charge in [-0.2, -0.15) is 0 Å². The molecule has 5 N–H and O–H groups in total. The van der Waals surface area contributed by atoms with Gasteiger partial charge in [-0.15, -0.1) is 0 Å². The maximum atomic E-state index is 11.2. The number of hydrogen-bond acceptors (Lipinski definition) is 5. The molecule has 1 fully saturated rings. The van der Waals surface area contributed by atoms with Gasteiger partial charge in [-0.3, -0.25) is 9.78 Å². The zero-order chi connectivity index (χ0) is 14.3. The summed E-state index contributed by atoms with van der Waals surface area (Å²) in [6.07, 6.45) is 1.43. The molecule has 106 valence electrons. The number of nitrogens with two attached hydrogens (primary N) is 2. The lowest BCUT2D eigenvalue weighted by atomic mass is 9.96. The fraction of sp³-hybridized carbons (Fsp3) is 0.385. The number of carbonyl (C=O) groups excluding carboxylic acids is 1. The number of aromatic amines is 1. The number of hydrogen-bond donors (Lipinski definition) is 3. The summed E-state index contributed by atoms with van der Waals surface area (Å²) in [5, 5.41) is 0. The first-order valence-electron chi connectivity index (χ1n) is 6.51. The molecule has 0 radical (unpaired) electrons. The number of rotatable bonds is 2. The van der Waals surface area contributed by atoms with Crippen molar-refractivity contribution in [3.63, 3.8) is 0 Å². The normalized spacial score (nSPS) is 16.7. The third-order valence-electron chi connectivity index (χ3n) is 3.81. The molecule has 1 aromatic carbocycles. The molecule has 0 saturated carbocycles. The van der Waals surface area contributed by atoms with Crippen molar-refractivity contribution in [2.24, 2.45) is 11.7 Å². The number of oxazole rings is 1. The highest BCUT2D eigenvalue weighted by Gasteiger charge is 2.24. The van der Waals surface area contributed by atoms with E-state index in [4.69, 9.17) is 15.9 Å². The largest absolute Gasteiger partial charge is 0.417 e. The first-order valence-corrected chi connectivity index (χ1v) is 6.51. The molecule has 2 heterocycles. The van der Waals surface area contributed by atoms with Crippen LogP contribution in [0.15, 0.2) is 21.3 Å². The molecule has 1 aliphatic heterocycles. The van der Waals surface area contributed by atoms with E-state index in [1.54, 1.807) is 12.1 Å². The van der Waals surface area contributed by atoms with Crippen LogP contribution in [0.1, 0.15) is 12.8 Å². The second-order valence-corrected chi connectivity index (χ2v) is 5.09. The monoisotopic (exact) mass is 276 g/mol. The Labute approximate surface area is 114 Å². The van der Waals surface area contributed by atoms with Gasteiger partial charge in [-0.25, -0.2) is 4.79 Å². The Hall–Kier alpha value is -2.44. The topological polar surface area (TPSA) is 118 Å². The summed E-state index contributed by atoms with van der Waals surface area (Å²) in [6.45, 7) is 1.43. The number of nitrogen functional groups attached to an aromatic ring is 1. The van der Waals surface area contributed by atoms with E-state index in [9.17, 15) is 9.59 Å². The van der Waals surface area contributed by atoms with Gasteiger partial charge < -0.3 is 20.8 Å². The number of amides is 1. The standard InChI is InChI=1S/C13H16N4O3/c14-8-5-11-9(16-13(19)20-11)6-10(8)17-3-1-7(2-4-17)12(15)18/h5-7H,1-4,14H2,(H2,15,18)(H,16,19). The summed E-state index contributed by atoms with van der Waals surface area (Å²) in [7, 11) is 0. The quantitative estimate of drug-likeness (QED) is 0.686. The smallest absolute Gasteiger partial charge is 0.408 e. The van der Waals surface area contributed by atoms with Crippen LogP contribution >= 0.6 is 0 Å². The molecule has 0 unspecified atom stereocenters. The minimum absolute atomic E-state index is 0.0649. The van der Waals surface area contributed by atoms with E-state index in [1.165, 1.54) is 0 Å². The Balaban J connectivity index is 1.89. The predicted molar refractivity (Wildman–Crippen MR) is 75.4 cm³/mol. The van der Waals surface area contributed by atoms with E-state index < -0.39 is 5.76 Å². The van der Waals surface area contributed by atoms with Crippen molar-refractivity contribution in [2.75, 3.05) is 23.7 Å². The maximum Gasteiger partial charge on any atom is 0.417 e. The SMILES string of the molecule is NC(=O)C1CCN(c2cc3[nH]c(=O)oc3cc2N)CC1. The number of anilines is 2. The van der Waals surface area contributed by atoms with Crippen molar-refractivity contribution in [3.05, 3.63) is 22.7 Å². The molecule has 2 aromatic rings. The third-order valence-corrected chi connectivity index (χ3v) is 3.81. The van der Waals surface area contributed by atoms with E-state index in [0.717, 1.165) is 5.69 Å². The van der Waals surface area contributed by atoms with E-state index >= 15 is 0 Å². The molecule has 7 nitrogen and oxygen atoms in total.